The molecule has 3 rings (SSSR count). The third-order valence-electron chi connectivity index (χ3n) is 3.46. The van der Waals surface area contributed by atoms with Crippen LogP contribution in [0.25, 0.3) is 0 Å². The van der Waals surface area contributed by atoms with E-state index in [4.69, 9.17) is 0 Å². The Morgan fingerprint density at radius 3 is 3.05 bits per heavy atom. The number of carbonyl (C=O) groups excluding carboxylic acids is 1. The molecule has 3 heterocycles. The van der Waals surface area contributed by atoms with Gasteiger partial charge < -0.3 is 0 Å². The van der Waals surface area contributed by atoms with Crippen LogP contribution in [0.2, 0.25) is 0 Å². The summed E-state index contributed by atoms with van der Waals surface area (Å²) >= 11 is 0. The van der Waals surface area contributed by atoms with Crippen molar-refractivity contribution in [3.8, 4) is 0 Å². The number of fused-ring (bicyclic) bond motifs is 1. The SMILES string of the molecule is CCCCc1nnn2c1CC(=O)CN2c1cccnc1. The average molecular weight is 271 g/mol. The van der Waals surface area contributed by atoms with Crippen LogP contribution >= 0.6 is 0 Å². The minimum absolute atomic E-state index is 0.182. The lowest BCUT2D eigenvalue weighted by Gasteiger charge is -2.28. The van der Waals surface area contributed by atoms with E-state index in [1.165, 1.54) is 0 Å². The molecule has 0 saturated carbocycles. The Balaban J connectivity index is 1.97. The van der Waals surface area contributed by atoms with Gasteiger partial charge in [0.1, 0.15) is 6.54 Å². The Bertz CT molecular complexity index is 607. The van der Waals surface area contributed by atoms with Crippen molar-refractivity contribution in [3.63, 3.8) is 0 Å². The van der Waals surface area contributed by atoms with E-state index in [0.717, 1.165) is 36.3 Å². The zero-order valence-electron chi connectivity index (χ0n) is 11.5. The van der Waals surface area contributed by atoms with Crippen LogP contribution in [0, 0.1) is 0 Å². The second-order valence-corrected chi connectivity index (χ2v) is 4.96. The zero-order chi connectivity index (χ0) is 13.9. The van der Waals surface area contributed by atoms with Gasteiger partial charge in [0.25, 0.3) is 0 Å². The highest BCUT2D eigenvalue weighted by atomic mass is 16.1. The molecule has 0 unspecified atom stereocenters. The van der Waals surface area contributed by atoms with E-state index in [-0.39, 0.29) is 5.78 Å². The van der Waals surface area contributed by atoms with Crippen LogP contribution in [-0.2, 0) is 17.6 Å². The molecule has 0 fully saturated rings. The van der Waals surface area contributed by atoms with Gasteiger partial charge in [-0.2, -0.15) is 4.79 Å². The molecule has 2 aromatic rings. The lowest BCUT2D eigenvalue weighted by atomic mass is 10.1. The predicted molar refractivity (Wildman–Crippen MR) is 74.3 cm³/mol. The quantitative estimate of drug-likeness (QED) is 0.841. The van der Waals surface area contributed by atoms with Crippen molar-refractivity contribution in [1.29, 1.82) is 0 Å². The Labute approximate surface area is 117 Å². The van der Waals surface area contributed by atoms with E-state index in [0.29, 0.717) is 13.0 Å². The number of rotatable bonds is 4. The molecule has 1 aliphatic heterocycles. The van der Waals surface area contributed by atoms with Crippen LogP contribution in [0.4, 0.5) is 5.69 Å². The van der Waals surface area contributed by atoms with Crippen molar-refractivity contribution in [2.24, 2.45) is 0 Å². The minimum Gasteiger partial charge on any atom is -0.297 e. The van der Waals surface area contributed by atoms with Gasteiger partial charge in [0.2, 0.25) is 0 Å². The number of ketones is 1. The van der Waals surface area contributed by atoms with Gasteiger partial charge in [0.05, 0.1) is 29.7 Å². The van der Waals surface area contributed by atoms with E-state index >= 15 is 0 Å². The van der Waals surface area contributed by atoms with Crippen LogP contribution in [0.1, 0.15) is 31.2 Å². The number of aryl methyl sites for hydroxylation is 1. The van der Waals surface area contributed by atoms with Crippen molar-refractivity contribution in [2.45, 2.75) is 32.6 Å². The first-order chi connectivity index (χ1) is 9.79. The van der Waals surface area contributed by atoms with E-state index in [1.807, 2.05) is 17.1 Å². The largest absolute Gasteiger partial charge is 0.297 e. The number of aromatic nitrogens is 4. The Hall–Kier alpha value is -2.24. The lowest BCUT2D eigenvalue weighted by Crippen LogP contribution is -2.42. The number of anilines is 1. The third kappa shape index (κ3) is 2.29. The first kappa shape index (κ1) is 12.8. The van der Waals surface area contributed by atoms with Crippen molar-refractivity contribution >= 4 is 11.5 Å². The van der Waals surface area contributed by atoms with E-state index < -0.39 is 0 Å². The molecule has 6 heteroatoms. The van der Waals surface area contributed by atoms with E-state index in [2.05, 4.69) is 22.2 Å². The number of nitrogens with zero attached hydrogens (tertiary/aromatic N) is 5. The molecule has 0 aliphatic carbocycles. The second-order valence-electron chi connectivity index (χ2n) is 4.96. The maximum atomic E-state index is 12.0. The third-order valence-corrected chi connectivity index (χ3v) is 3.46. The smallest absolute Gasteiger partial charge is 0.160 e. The molecule has 0 N–H and O–H groups in total. The number of hydrogen-bond acceptors (Lipinski definition) is 5. The molecule has 0 radical (unpaired) electrons. The molecular weight excluding hydrogens is 254 g/mol. The topological polar surface area (TPSA) is 63.9 Å². The summed E-state index contributed by atoms with van der Waals surface area (Å²) in [6.45, 7) is 2.46. The molecule has 0 saturated heterocycles. The summed E-state index contributed by atoms with van der Waals surface area (Å²) in [5.41, 5.74) is 2.71. The van der Waals surface area contributed by atoms with Crippen LogP contribution in [0.3, 0.4) is 0 Å². The molecule has 0 atom stereocenters. The van der Waals surface area contributed by atoms with Gasteiger partial charge in [-0.1, -0.05) is 13.3 Å². The highest BCUT2D eigenvalue weighted by Gasteiger charge is 2.27. The van der Waals surface area contributed by atoms with E-state index in [9.17, 15) is 4.79 Å². The van der Waals surface area contributed by atoms with Gasteiger partial charge in [-0.3, -0.25) is 14.8 Å². The predicted octanol–water partition coefficient (Wildman–Crippen LogP) is 1.41. The zero-order valence-corrected chi connectivity index (χ0v) is 11.5. The Morgan fingerprint density at radius 1 is 1.40 bits per heavy atom. The molecule has 0 aromatic carbocycles. The van der Waals surface area contributed by atoms with Crippen LogP contribution in [-0.4, -0.2) is 32.4 Å². The molecule has 0 spiro atoms. The molecule has 0 bridgehead atoms. The number of unbranched alkanes of at least 4 members (excludes halogenated alkanes) is 1. The molecule has 0 amide bonds. The number of carbonyl (C=O) groups is 1. The molecule has 2 aromatic heterocycles. The van der Waals surface area contributed by atoms with E-state index in [1.54, 1.807) is 17.2 Å². The van der Waals surface area contributed by atoms with Crippen LogP contribution in [0.5, 0.6) is 0 Å². The number of pyridine rings is 1. The van der Waals surface area contributed by atoms with Crippen molar-refractivity contribution in [1.82, 2.24) is 20.1 Å². The summed E-state index contributed by atoms with van der Waals surface area (Å²) < 4.78 is 0. The summed E-state index contributed by atoms with van der Waals surface area (Å²) in [5.74, 6) is 0.182. The summed E-state index contributed by atoms with van der Waals surface area (Å²) in [6, 6.07) is 3.77. The standard InChI is InChI=1S/C14H17N5O/c1-2-3-6-13-14-8-12(20)10-18(19(14)17-16-13)11-5-4-7-15-9-11/h4-5,7,9H,2-3,6,8,10H2,1H3. The summed E-state index contributed by atoms with van der Waals surface area (Å²) in [4.78, 5) is 17.9. The maximum Gasteiger partial charge on any atom is 0.160 e. The Kier molecular flexibility index (Phi) is 3.45. The highest BCUT2D eigenvalue weighted by Crippen LogP contribution is 2.21. The summed E-state index contributed by atoms with van der Waals surface area (Å²) in [6.07, 6.45) is 6.90. The highest BCUT2D eigenvalue weighted by molar-refractivity contribution is 5.86. The first-order valence-corrected chi connectivity index (χ1v) is 6.92. The minimum atomic E-state index is 0.182. The molecular formula is C14H17N5O. The van der Waals surface area contributed by atoms with Gasteiger partial charge in [-0.25, -0.2) is 0 Å². The first-order valence-electron chi connectivity index (χ1n) is 6.92. The van der Waals surface area contributed by atoms with Gasteiger partial charge in [-0.05, 0) is 30.2 Å². The second kappa shape index (κ2) is 5.40. The van der Waals surface area contributed by atoms with Crippen molar-refractivity contribution < 1.29 is 4.79 Å². The summed E-state index contributed by atoms with van der Waals surface area (Å²) in [5, 5.41) is 10.3. The van der Waals surface area contributed by atoms with Crippen LogP contribution in [0.15, 0.2) is 24.5 Å². The van der Waals surface area contributed by atoms with Gasteiger partial charge in [0.15, 0.2) is 5.78 Å². The average Bonchev–Trinajstić information content (AvgIpc) is 2.88. The maximum absolute atomic E-state index is 12.0. The van der Waals surface area contributed by atoms with Crippen molar-refractivity contribution in [2.75, 3.05) is 11.6 Å². The van der Waals surface area contributed by atoms with Gasteiger partial charge in [0, 0.05) is 6.20 Å². The fraction of sp³-hybridized carbons (Fsp3) is 0.429. The lowest BCUT2D eigenvalue weighted by molar-refractivity contribution is -0.118. The Morgan fingerprint density at radius 2 is 2.30 bits per heavy atom. The number of Topliss-reactive ketones (excluding diaryl/α,β-unsaturated/α-hetero) is 1. The van der Waals surface area contributed by atoms with Gasteiger partial charge in [-0.15, -0.1) is 5.10 Å². The normalized spacial score (nSPS) is 14.4. The number of hydrogen-bond donors (Lipinski definition) is 0. The molecule has 20 heavy (non-hydrogen) atoms. The van der Waals surface area contributed by atoms with Crippen molar-refractivity contribution in [3.05, 3.63) is 35.9 Å². The monoisotopic (exact) mass is 271 g/mol. The fourth-order valence-electron chi connectivity index (χ4n) is 2.41. The molecule has 1 aliphatic rings. The van der Waals surface area contributed by atoms with Crippen LogP contribution < -0.4 is 5.01 Å². The fourth-order valence-corrected chi connectivity index (χ4v) is 2.41. The molecule has 104 valence electrons. The van der Waals surface area contributed by atoms with Gasteiger partial charge >= 0.3 is 0 Å². The molecule has 6 nitrogen and oxygen atoms in total. The summed E-state index contributed by atoms with van der Waals surface area (Å²) in [7, 11) is 0.